The number of hydrogen-bond acceptors (Lipinski definition) is 2. The summed E-state index contributed by atoms with van der Waals surface area (Å²) in [6.45, 7) is 3.18. The van der Waals surface area contributed by atoms with Crippen LogP contribution in [0.2, 0.25) is 0 Å². The quantitative estimate of drug-likeness (QED) is 0.872. The standard InChI is InChI=1S/C16H22FN3O2/c1-2-3-14(19-16(18)22)15(21)20-9-8-12(10-20)11-4-6-13(17)7-5-11/h4-7,12,14H,2-3,8-10H2,1H3,(H3,18,19,22)/t12?,14-/m1/s1. The van der Waals surface area contributed by atoms with E-state index in [-0.39, 0.29) is 17.6 Å². The van der Waals surface area contributed by atoms with Gasteiger partial charge in [-0.1, -0.05) is 25.5 Å². The number of nitrogens with zero attached hydrogens (tertiary/aromatic N) is 1. The Morgan fingerprint density at radius 3 is 2.68 bits per heavy atom. The van der Waals surface area contributed by atoms with Crippen LogP contribution in [0.4, 0.5) is 9.18 Å². The predicted molar refractivity (Wildman–Crippen MR) is 81.8 cm³/mol. The molecule has 1 saturated heterocycles. The molecule has 120 valence electrons. The predicted octanol–water partition coefficient (Wildman–Crippen LogP) is 1.98. The fourth-order valence-electron chi connectivity index (χ4n) is 2.91. The number of urea groups is 1. The van der Waals surface area contributed by atoms with Gasteiger partial charge in [-0.3, -0.25) is 4.79 Å². The van der Waals surface area contributed by atoms with Gasteiger partial charge in [-0.15, -0.1) is 0 Å². The number of nitrogens with two attached hydrogens (primary N) is 1. The second-order valence-electron chi connectivity index (χ2n) is 5.67. The molecule has 0 aliphatic carbocycles. The van der Waals surface area contributed by atoms with Gasteiger partial charge in [0.1, 0.15) is 11.9 Å². The summed E-state index contributed by atoms with van der Waals surface area (Å²) in [6.07, 6.45) is 2.19. The summed E-state index contributed by atoms with van der Waals surface area (Å²) in [4.78, 5) is 25.3. The van der Waals surface area contributed by atoms with E-state index >= 15 is 0 Å². The summed E-state index contributed by atoms with van der Waals surface area (Å²) in [7, 11) is 0. The number of nitrogens with one attached hydrogen (secondary N) is 1. The molecule has 6 heteroatoms. The third-order valence-electron chi connectivity index (χ3n) is 4.03. The second kappa shape index (κ2) is 7.24. The summed E-state index contributed by atoms with van der Waals surface area (Å²) in [5.74, 6) is -0.144. The van der Waals surface area contributed by atoms with E-state index in [0.717, 1.165) is 18.4 Å². The minimum Gasteiger partial charge on any atom is -0.352 e. The molecule has 0 radical (unpaired) electrons. The third-order valence-corrected chi connectivity index (χ3v) is 4.03. The number of benzene rings is 1. The molecular formula is C16H22FN3O2. The maximum atomic E-state index is 13.0. The van der Waals surface area contributed by atoms with Crippen molar-refractivity contribution < 1.29 is 14.0 Å². The van der Waals surface area contributed by atoms with Crippen LogP contribution < -0.4 is 11.1 Å². The monoisotopic (exact) mass is 307 g/mol. The number of amides is 3. The van der Waals surface area contributed by atoms with Gasteiger partial charge in [0.2, 0.25) is 5.91 Å². The molecule has 2 rings (SSSR count). The summed E-state index contributed by atoms with van der Waals surface area (Å²) in [6, 6.07) is 5.16. The van der Waals surface area contributed by atoms with Crippen LogP contribution in [0.3, 0.4) is 0 Å². The lowest BCUT2D eigenvalue weighted by Crippen LogP contribution is -2.49. The summed E-state index contributed by atoms with van der Waals surface area (Å²) in [5.41, 5.74) is 6.17. The Hall–Kier alpha value is -2.11. The number of carbonyl (C=O) groups excluding carboxylic acids is 2. The van der Waals surface area contributed by atoms with Crippen LogP contribution in [-0.4, -0.2) is 36.0 Å². The molecule has 0 aromatic heterocycles. The van der Waals surface area contributed by atoms with Gasteiger partial charge < -0.3 is 16.0 Å². The molecule has 1 aliphatic heterocycles. The van der Waals surface area contributed by atoms with Gasteiger partial charge in [-0.25, -0.2) is 9.18 Å². The van der Waals surface area contributed by atoms with Crippen molar-refractivity contribution in [2.45, 2.75) is 38.1 Å². The van der Waals surface area contributed by atoms with Crippen molar-refractivity contribution in [2.24, 2.45) is 5.73 Å². The molecule has 1 aromatic rings. The Morgan fingerprint density at radius 2 is 2.09 bits per heavy atom. The molecule has 0 saturated carbocycles. The van der Waals surface area contributed by atoms with Crippen LogP contribution in [0, 0.1) is 5.82 Å². The fourth-order valence-corrected chi connectivity index (χ4v) is 2.91. The highest BCUT2D eigenvalue weighted by atomic mass is 19.1. The lowest BCUT2D eigenvalue weighted by atomic mass is 9.98. The Balaban J connectivity index is 2.00. The van der Waals surface area contributed by atoms with Crippen LogP contribution >= 0.6 is 0 Å². The maximum absolute atomic E-state index is 13.0. The van der Waals surface area contributed by atoms with Crippen molar-refractivity contribution >= 4 is 11.9 Å². The first-order valence-corrected chi connectivity index (χ1v) is 7.61. The summed E-state index contributed by atoms with van der Waals surface area (Å²) in [5, 5.41) is 2.52. The highest BCUT2D eigenvalue weighted by Gasteiger charge is 2.31. The van der Waals surface area contributed by atoms with Gasteiger partial charge >= 0.3 is 6.03 Å². The van der Waals surface area contributed by atoms with Crippen molar-refractivity contribution in [1.29, 1.82) is 0 Å². The van der Waals surface area contributed by atoms with Crippen molar-refractivity contribution in [2.75, 3.05) is 13.1 Å². The van der Waals surface area contributed by atoms with Gasteiger partial charge in [-0.2, -0.15) is 0 Å². The van der Waals surface area contributed by atoms with Gasteiger partial charge in [0, 0.05) is 19.0 Å². The zero-order valence-corrected chi connectivity index (χ0v) is 12.7. The van der Waals surface area contributed by atoms with E-state index in [4.69, 9.17) is 5.73 Å². The SMILES string of the molecule is CCC[C@@H](NC(N)=O)C(=O)N1CCC(c2ccc(F)cc2)C1. The highest BCUT2D eigenvalue weighted by Crippen LogP contribution is 2.27. The molecular weight excluding hydrogens is 285 g/mol. The molecule has 1 fully saturated rings. The molecule has 2 atom stereocenters. The lowest BCUT2D eigenvalue weighted by molar-refractivity contribution is -0.132. The molecule has 1 aromatic carbocycles. The highest BCUT2D eigenvalue weighted by molar-refractivity contribution is 5.86. The Labute approximate surface area is 129 Å². The minimum absolute atomic E-state index is 0.0924. The van der Waals surface area contributed by atoms with E-state index in [1.165, 1.54) is 12.1 Å². The van der Waals surface area contributed by atoms with Gasteiger partial charge in [0.15, 0.2) is 0 Å². The number of primary amides is 1. The van der Waals surface area contributed by atoms with Crippen LogP contribution in [0.15, 0.2) is 24.3 Å². The van der Waals surface area contributed by atoms with Crippen LogP contribution in [-0.2, 0) is 4.79 Å². The van der Waals surface area contributed by atoms with E-state index in [2.05, 4.69) is 5.32 Å². The molecule has 0 bridgehead atoms. The van der Waals surface area contributed by atoms with Crippen LogP contribution in [0.1, 0.15) is 37.7 Å². The first-order valence-electron chi connectivity index (χ1n) is 7.61. The number of likely N-dealkylation sites (tertiary alicyclic amines) is 1. The first kappa shape index (κ1) is 16.3. The van der Waals surface area contributed by atoms with E-state index in [0.29, 0.717) is 19.5 Å². The average molecular weight is 307 g/mol. The zero-order valence-electron chi connectivity index (χ0n) is 12.7. The van der Waals surface area contributed by atoms with Crippen molar-refractivity contribution in [3.05, 3.63) is 35.6 Å². The Bertz CT molecular complexity index is 533. The molecule has 3 amide bonds. The van der Waals surface area contributed by atoms with Gasteiger partial charge in [0.05, 0.1) is 0 Å². The number of carbonyl (C=O) groups is 2. The fraction of sp³-hybridized carbons (Fsp3) is 0.500. The van der Waals surface area contributed by atoms with Crippen molar-refractivity contribution in [3.8, 4) is 0 Å². The normalized spacial score (nSPS) is 19.0. The summed E-state index contributed by atoms with van der Waals surface area (Å²) < 4.78 is 13.0. The molecule has 1 heterocycles. The maximum Gasteiger partial charge on any atom is 0.312 e. The van der Waals surface area contributed by atoms with Crippen molar-refractivity contribution in [3.63, 3.8) is 0 Å². The van der Waals surface area contributed by atoms with Crippen molar-refractivity contribution in [1.82, 2.24) is 10.2 Å². The number of halogens is 1. The van der Waals surface area contributed by atoms with E-state index in [1.54, 1.807) is 17.0 Å². The number of hydrogen-bond donors (Lipinski definition) is 2. The topological polar surface area (TPSA) is 75.4 Å². The zero-order chi connectivity index (χ0) is 16.1. The Kier molecular flexibility index (Phi) is 5.35. The second-order valence-corrected chi connectivity index (χ2v) is 5.67. The Morgan fingerprint density at radius 1 is 1.41 bits per heavy atom. The number of rotatable bonds is 5. The van der Waals surface area contributed by atoms with Gasteiger partial charge in [0.25, 0.3) is 0 Å². The van der Waals surface area contributed by atoms with Crippen LogP contribution in [0.5, 0.6) is 0 Å². The molecule has 22 heavy (non-hydrogen) atoms. The minimum atomic E-state index is -0.680. The van der Waals surface area contributed by atoms with E-state index in [1.807, 2.05) is 6.92 Å². The smallest absolute Gasteiger partial charge is 0.312 e. The molecule has 1 unspecified atom stereocenters. The first-order chi connectivity index (χ1) is 10.5. The van der Waals surface area contributed by atoms with Crippen LogP contribution in [0.25, 0.3) is 0 Å². The van der Waals surface area contributed by atoms with E-state index < -0.39 is 12.1 Å². The molecule has 3 N–H and O–H groups in total. The summed E-state index contributed by atoms with van der Waals surface area (Å²) >= 11 is 0. The molecule has 1 aliphatic rings. The average Bonchev–Trinajstić information content (AvgIpc) is 2.96. The largest absolute Gasteiger partial charge is 0.352 e. The lowest BCUT2D eigenvalue weighted by Gasteiger charge is -2.23. The van der Waals surface area contributed by atoms with Gasteiger partial charge in [-0.05, 0) is 30.5 Å². The molecule has 0 spiro atoms. The third kappa shape index (κ3) is 3.96. The molecule has 5 nitrogen and oxygen atoms in total. The van der Waals surface area contributed by atoms with E-state index in [9.17, 15) is 14.0 Å².